The highest BCUT2D eigenvalue weighted by molar-refractivity contribution is 6.12. The fourth-order valence-electron chi connectivity index (χ4n) is 5.01. The molecule has 10 N–H and O–H groups in total. The number of pyridine rings is 1. The van der Waals surface area contributed by atoms with E-state index in [-0.39, 0.29) is 36.4 Å². The summed E-state index contributed by atoms with van der Waals surface area (Å²) in [6, 6.07) is 8.20. The lowest BCUT2D eigenvalue weighted by atomic mass is 9.91. The molecule has 1 aromatic carbocycles. The zero-order chi connectivity index (χ0) is 31.4. The number of rotatable bonds is 13. The van der Waals surface area contributed by atoms with Crippen LogP contribution < -0.4 is 38.5 Å². The first-order valence-corrected chi connectivity index (χ1v) is 14.4. The Morgan fingerprint density at radius 2 is 1.74 bits per heavy atom. The van der Waals surface area contributed by atoms with Crippen LogP contribution in [0.5, 0.6) is 0 Å². The SMILES string of the molecule is C[C@H](N)C(=O)N[C@@H](CCCN=C(N)N)C(=O)N[C@H](C(=O)N(c1ccc(N)nc1)C1CCCCC1)C(=C=O)c1ccccc1. The van der Waals surface area contributed by atoms with Gasteiger partial charge in [-0.05, 0) is 50.3 Å². The molecule has 3 amide bonds. The fraction of sp³-hybridized carbons (Fsp3) is 0.433. The Bertz CT molecular complexity index is 1310. The second-order valence-corrected chi connectivity index (χ2v) is 10.6. The van der Waals surface area contributed by atoms with Crippen LogP contribution in [0, 0.1) is 0 Å². The van der Waals surface area contributed by atoms with Gasteiger partial charge in [0.05, 0.1) is 23.5 Å². The molecule has 0 aliphatic heterocycles. The zero-order valence-corrected chi connectivity index (χ0v) is 24.4. The van der Waals surface area contributed by atoms with Gasteiger partial charge in [-0.25, -0.2) is 9.78 Å². The largest absolute Gasteiger partial charge is 0.384 e. The van der Waals surface area contributed by atoms with Crippen LogP contribution in [0.1, 0.15) is 57.4 Å². The third-order valence-electron chi connectivity index (χ3n) is 7.23. The number of nitrogens with zero attached hydrogens (tertiary/aromatic N) is 3. The lowest BCUT2D eigenvalue weighted by Gasteiger charge is -2.37. The summed E-state index contributed by atoms with van der Waals surface area (Å²) in [6.07, 6.45) is 6.34. The Morgan fingerprint density at radius 1 is 1.05 bits per heavy atom. The monoisotopic (exact) mass is 591 g/mol. The number of benzene rings is 1. The van der Waals surface area contributed by atoms with Crippen molar-refractivity contribution in [2.45, 2.75) is 76.0 Å². The number of aromatic nitrogens is 1. The Kier molecular flexibility index (Phi) is 12.2. The molecule has 1 heterocycles. The third kappa shape index (κ3) is 9.38. The molecule has 1 saturated carbocycles. The van der Waals surface area contributed by atoms with Crippen LogP contribution in [0.2, 0.25) is 0 Å². The molecular formula is C30H41N9O4. The summed E-state index contributed by atoms with van der Waals surface area (Å²) in [5, 5.41) is 5.38. The summed E-state index contributed by atoms with van der Waals surface area (Å²) >= 11 is 0. The number of anilines is 2. The number of carbonyl (C=O) groups excluding carboxylic acids is 4. The zero-order valence-electron chi connectivity index (χ0n) is 24.4. The van der Waals surface area contributed by atoms with Crippen LogP contribution in [0.25, 0.3) is 5.57 Å². The Morgan fingerprint density at radius 3 is 2.33 bits per heavy atom. The molecule has 0 radical (unpaired) electrons. The van der Waals surface area contributed by atoms with E-state index in [1.54, 1.807) is 47.4 Å². The quantitative estimate of drug-likeness (QED) is 0.0829. The fourth-order valence-corrected chi connectivity index (χ4v) is 5.01. The molecule has 0 unspecified atom stereocenters. The van der Waals surface area contributed by atoms with Crippen molar-refractivity contribution in [1.29, 1.82) is 0 Å². The van der Waals surface area contributed by atoms with Crippen molar-refractivity contribution in [3.63, 3.8) is 0 Å². The summed E-state index contributed by atoms with van der Waals surface area (Å²) in [7, 11) is 0. The summed E-state index contributed by atoms with van der Waals surface area (Å²) in [6.45, 7) is 1.70. The molecule has 0 saturated heterocycles. The van der Waals surface area contributed by atoms with E-state index < -0.39 is 35.8 Å². The summed E-state index contributed by atoms with van der Waals surface area (Å²) in [5.74, 6) is 0.312. The summed E-state index contributed by atoms with van der Waals surface area (Å²) < 4.78 is 0. The van der Waals surface area contributed by atoms with Gasteiger partial charge in [0.2, 0.25) is 11.8 Å². The highest BCUT2D eigenvalue weighted by atomic mass is 16.2. The van der Waals surface area contributed by atoms with Crippen LogP contribution in [-0.4, -0.2) is 65.3 Å². The van der Waals surface area contributed by atoms with Crippen molar-refractivity contribution in [2.24, 2.45) is 22.2 Å². The van der Waals surface area contributed by atoms with Crippen LogP contribution in [0.15, 0.2) is 53.7 Å². The molecule has 3 atom stereocenters. The molecule has 1 aliphatic carbocycles. The Balaban J connectivity index is 2.03. The molecule has 3 rings (SSSR count). The van der Waals surface area contributed by atoms with Gasteiger partial charge in [-0.1, -0.05) is 49.6 Å². The minimum Gasteiger partial charge on any atom is -0.384 e. The van der Waals surface area contributed by atoms with Crippen molar-refractivity contribution in [3.8, 4) is 0 Å². The van der Waals surface area contributed by atoms with Crippen LogP contribution in [0.4, 0.5) is 11.5 Å². The molecule has 0 spiro atoms. The standard InChI is InChI=1S/C30H41N9O4/c1-19(31)27(41)37-24(13-8-16-35-30(33)34)28(42)38-26(23(18-40)20-9-4-2-5-10-20)29(43)39(21-11-6-3-7-12-21)22-14-15-25(32)36-17-22/h2,4-5,9-10,14-15,17,19,21,24,26H,3,6-8,11-13,16,31H2,1H3,(H2,32,36)(H,37,41)(H,38,42)(H4,33,34,35)/t19-,24-,26-/m0/s1. The van der Waals surface area contributed by atoms with Crippen molar-refractivity contribution in [1.82, 2.24) is 15.6 Å². The molecule has 2 aromatic rings. The van der Waals surface area contributed by atoms with E-state index in [0.717, 1.165) is 32.1 Å². The maximum Gasteiger partial charge on any atom is 0.255 e. The normalized spacial score (nSPS) is 15.2. The molecule has 13 nitrogen and oxygen atoms in total. The van der Waals surface area contributed by atoms with Gasteiger partial charge < -0.3 is 38.5 Å². The van der Waals surface area contributed by atoms with Gasteiger partial charge in [0.25, 0.3) is 5.91 Å². The highest BCUT2D eigenvalue weighted by Crippen LogP contribution is 2.30. The number of amides is 3. The van der Waals surface area contributed by atoms with E-state index in [9.17, 15) is 19.2 Å². The first-order valence-electron chi connectivity index (χ1n) is 14.4. The minimum atomic E-state index is -1.43. The van der Waals surface area contributed by atoms with Gasteiger partial charge in [-0.15, -0.1) is 0 Å². The highest BCUT2D eigenvalue weighted by Gasteiger charge is 2.37. The molecule has 1 fully saturated rings. The van der Waals surface area contributed by atoms with Crippen molar-refractivity contribution in [2.75, 3.05) is 17.2 Å². The second-order valence-electron chi connectivity index (χ2n) is 10.6. The van der Waals surface area contributed by atoms with Gasteiger partial charge in [-0.3, -0.25) is 19.4 Å². The van der Waals surface area contributed by atoms with E-state index in [0.29, 0.717) is 17.7 Å². The lowest BCUT2D eigenvalue weighted by Crippen LogP contribution is -2.57. The first-order chi connectivity index (χ1) is 20.6. The number of nitrogen functional groups attached to an aromatic ring is 1. The molecule has 43 heavy (non-hydrogen) atoms. The second kappa shape index (κ2) is 16.0. The Labute approximate surface area is 251 Å². The smallest absolute Gasteiger partial charge is 0.255 e. The predicted octanol–water partition coefficient (Wildman–Crippen LogP) is 0.615. The van der Waals surface area contributed by atoms with E-state index in [1.807, 2.05) is 5.94 Å². The van der Waals surface area contributed by atoms with Crippen LogP contribution in [0.3, 0.4) is 0 Å². The number of nitrogens with two attached hydrogens (primary N) is 4. The van der Waals surface area contributed by atoms with E-state index in [4.69, 9.17) is 22.9 Å². The number of nitrogens with one attached hydrogen (secondary N) is 2. The molecule has 1 aliphatic rings. The van der Waals surface area contributed by atoms with Gasteiger partial charge in [0.15, 0.2) is 5.96 Å². The number of hydrogen-bond donors (Lipinski definition) is 6. The van der Waals surface area contributed by atoms with Crippen molar-refractivity contribution >= 4 is 46.7 Å². The minimum absolute atomic E-state index is 0.0547. The van der Waals surface area contributed by atoms with Crippen molar-refractivity contribution in [3.05, 3.63) is 54.2 Å². The van der Waals surface area contributed by atoms with E-state index in [1.165, 1.54) is 13.1 Å². The first kappa shape index (κ1) is 32.8. The number of aliphatic imine (C=N–C) groups is 1. The lowest BCUT2D eigenvalue weighted by molar-refractivity contribution is -0.131. The number of carbonyl (C=O) groups is 3. The molecule has 13 heteroatoms. The van der Waals surface area contributed by atoms with Crippen LogP contribution in [-0.2, 0) is 19.2 Å². The number of hydrogen-bond acceptors (Lipinski definition) is 8. The van der Waals surface area contributed by atoms with Crippen molar-refractivity contribution < 1.29 is 19.2 Å². The van der Waals surface area contributed by atoms with Crippen LogP contribution >= 0.6 is 0 Å². The maximum atomic E-state index is 14.5. The topological polar surface area (TPSA) is 225 Å². The molecule has 230 valence electrons. The summed E-state index contributed by atoms with van der Waals surface area (Å²) in [4.78, 5) is 63.0. The molecule has 1 aromatic heterocycles. The maximum absolute atomic E-state index is 14.5. The average molecular weight is 592 g/mol. The predicted molar refractivity (Wildman–Crippen MR) is 166 cm³/mol. The van der Waals surface area contributed by atoms with E-state index >= 15 is 0 Å². The molecule has 0 bridgehead atoms. The Hall–Kier alpha value is -4.74. The molecular weight excluding hydrogens is 550 g/mol. The van der Waals surface area contributed by atoms with Gasteiger partial charge >= 0.3 is 0 Å². The third-order valence-corrected chi connectivity index (χ3v) is 7.23. The summed E-state index contributed by atoms with van der Waals surface area (Å²) in [5.41, 5.74) is 23.2. The van der Waals surface area contributed by atoms with Gasteiger partial charge in [0, 0.05) is 12.6 Å². The number of guanidine groups is 1. The van der Waals surface area contributed by atoms with Gasteiger partial charge in [-0.2, -0.15) is 0 Å². The van der Waals surface area contributed by atoms with E-state index in [2.05, 4.69) is 20.6 Å². The average Bonchev–Trinajstić information content (AvgIpc) is 3.00. The van der Waals surface area contributed by atoms with Gasteiger partial charge in [0.1, 0.15) is 23.8 Å².